The number of carbonyl (C=O) groups is 1. The zero-order chi connectivity index (χ0) is 17.5. The normalized spacial score (nSPS) is 14.8. The van der Waals surface area contributed by atoms with Crippen molar-refractivity contribution in [3.8, 4) is 11.6 Å². The summed E-state index contributed by atoms with van der Waals surface area (Å²) < 4.78 is 10.9. The average molecular weight is 342 g/mol. The first-order valence-corrected chi connectivity index (χ1v) is 8.34. The van der Waals surface area contributed by atoms with E-state index in [1.165, 1.54) is 19.6 Å². The average Bonchev–Trinajstić information content (AvgIpc) is 2.68. The first-order valence-electron chi connectivity index (χ1n) is 8.34. The van der Waals surface area contributed by atoms with Crippen molar-refractivity contribution >= 4 is 11.7 Å². The Labute approximate surface area is 147 Å². The number of carbonyl (C=O) groups excluding carboxylic acids is 1. The fourth-order valence-corrected chi connectivity index (χ4v) is 2.79. The summed E-state index contributed by atoms with van der Waals surface area (Å²) in [6.45, 7) is 2.08. The Kier molecular flexibility index (Phi) is 5.66. The maximum absolute atomic E-state index is 12.4. The maximum atomic E-state index is 12.4. The molecule has 0 spiro atoms. The van der Waals surface area contributed by atoms with Gasteiger partial charge < -0.3 is 19.7 Å². The van der Waals surface area contributed by atoms with Crippen molar-refractivity contribution in [1.82, 2.24) is 14.9 Å². The van der Waals surface area contributed by atoms with Crippen molar-refractivity contribution in [3.05, 3.63) is 42.9 Å². The van der Waals surface area contributed by atoms with Crippen LogP contribution >= 0.6 is 0 Å². The van der Waals surface area contributed by atoms with E-state index in [0.29, 0.717) is 37.2 Å². The number of likely N-dealkylation sites (tertiary alicyclic amines) is 1. The zero-order valence-electron chi connectivity index (χ0n) is 14.2. The molecule has 1 aromatic carbocycles. The lowest BCUT2D eigenvalue weighted by Crippen LogP contribution is -2.42. The number of para-hydroxylation sites is 1. The van der Waals surface area contributed by atoms with E-state index < -0.39 is 0 Å². The number of anilines is 1. The SMILES string of the molecule is COc1ncncc1NC(=O)N1CCC(COc2ccccc2)CC1. The number of hydrogen-bond donors (Lipinski definition) is 1. The molecule has 1 aliphatic heterocycles. The molecule has 0 radical (unpaired) electrons. The second-order valence-electron chi connectivity index (χ2n) is 5.93. The highest BCUT2D eigenvalue weighted by atomic mass is 16.5. The van der Waals surface area contributed by atoms with Crippen molar-refractivity contribution in [3.63, 3.8) is 0 Å². The Morgan fingerprint density at radius 3 is 2.76 bits per heavy atom. The molecule has 2 heterocycles. The molecule has 1 fully saturated rings. The predicted molar refractivity (Wildman–Crippen MR) is 93.8 cm³/mol. The minimum absolute atomic E-state index is 0.157. The number of rotatable bonds is 5. The Bertz CT molecular complexity index is 688. The van der Waals surface area contributed by atoms with E-state index in [1.54, 1.807) is 4.90 Å². The number of amides is 2. The van der Waals surface area contributed by atoms with E-state index in [2.05, 4.69) is 15.3 Å². The van der Waals surface area contributed by atoms with Gasteiger partial charge in [0.15, 0.2) is 0 Å². The molecule has 1 saturated heterocycles. The fourth-order valence-electron chi connectivity index (χ4n) is 2.79. The first kappa shape index (κ1) is 17.0. The first-order chi connectivity index (χ1) is 12.3. The van der Waals surface area contributed by atoms with Crippen LogP contribution in [0, 0.1) is 5.92 Å². The third-order valence-corrected chi connectivity index (χ3v) is 4.24. The molecule has 0 saturated carbocycles. The molecule has 132 valence electrons. The lowest BCUT2D eigenvalue weighted by atomic mass is 9.98. The molecule has 3 rings (SSSR count). The summed E-state index contributed by atoms with van der Waals surface area (Å²) in [7, 11) is 1.51. The molecule has 25 heavy (non-hydrogen) atoms. The Hall–Kier alpha value is -2.83. The van der Waals surface area contributed by atoms with Crippen molar-refractivity contribution in [2.75, 3.05) is 32.1 Å². The van der Waals surface area contributed by atoms with Gasteiger partial charge in [0.05, 0.1) is 19.9 Å². The topological polar surface area (TPSA) is 76.6 Å². The van der Waals surface area contributed by atoms with Crippen molar-refractivity contribution in [2.45, 2.75) is 12.8 Å². The number of aromatic nitrogens is 2. The maximum Gasteiger partial charge on any atom is 0.322 e. The minimum atomic E-state index is -0.157. The van der Waals surface area contributed by atoms with Gasteiger partial charge >= 0.3 is 6.03 Å². The van der Waals surface area contributed by atoms with Gasteiger partial charge in [0, 0.05) is 13.1 Å². The van der Waals surface area contributed by atoms with Gasteiger partial charge in [-0.1, -0.05) is 18.2 Å². The molecule has 7 nitrogen and oxygen atoms in total. The van der Waals surface area contributed by atoms with E-state index in [1.807, 2.05) is 30.3 Å². The van der Waals surface area contributed by atoms with Gasteiger partial charge in [0.1, 0.15) is 17.8 Å². The second-order valence-corrected chi connectivity index (χ2v) is 5.93. The lowest BCUT2D eigenvalue weighted by molar-refractivity contribution is 0.152. The molecule has 7 heteroatoms. The highest BCUT2D eigenvalue weighted by molar-refractivity contribution is 5.90. The van der Waals surface area contributed by atoms with Crippen molar-refractivity contribution in [1.29, 1.82) is 0 Å². The zero-order valence-corrected chi connectivity index (χ0v) is 14.2. The molecule has 1 aliphatic rings. The Balaban J connectivity index is 1.46. The van der Waals surface area contributed by atoms with Crippen LogP contribution in [-0.4, -0.2) is 47.7 Å². The number of hydrogen-bond acceptors (Lipinski definition) is 5. The largest absolute Gasteiger partial charge is 0.493 e. The van der Waals surface area contributed by atoms with Crippen LogP contribution in [0.3, 0.4) is 0 Å². The van der Waals surface area contributed by atoms with Gasteiger partial charge in [-0.25, -0.2) is 9.78 Å². The number of piperidine rings is 1. The molecular weight excluding hydrogens is 320 g/mol. The summed E-state index contributed by atoms with van der Waals surface area (Å²) in [5.41, 5.74) is 0.476. The summed E-state index contributed by atoms with van der Waals surface area (Å²) in [6.07, 6.45) is 4.75. The van der Waals surface area contributed by atoms with Crippen LogP contribution in [0.5, 0.6) is 11.6 Å². The van der Waals surface area contributed by atoms with Gasteiger partial charge in [-0.2, -0.15) is 4.98 Å². The van der Waals surface area contributed by atoms with Gasteiger partial charge in [-0.15, -0.1) is 0 Å². The fraction of sp³-hybridized carbons (Fsp3) is 0.389. The second kappa shape index (κ2) is 8.32. The van der Waals surface area contributed by atoms with Crippen LogP contribution in [0.4, 0.5) is 10.5 Å². The molecular formula is C18H22N4O3. The molecule has 1 N–H and O–H groups in total. The molecule has 0 unspecified atom stereocenters. The highest BCUT2D eigenvalue weighted by Gasteiger charge is 2.24. The summed E-state index contributed by atoms with van der Waals surface area (Å²) in [4.78, 5) is 22.1. The summed E-state index contributed by atoms with van der Waals surface area (Å²) in [5.74, 6) is 1.70. The van der Waals surface area contributed by atoms with Crippen molar-refractivity contribution < 1.29 is 14.3 Å². The van der Waals surface area contributed by atoms with Gasteiger partial charge in [-0.05, 0) is 30.9 Å². The highest BCUT2D eigenvalue weighted by Crippen LogP contribution is 2.22. The van der Waals surface area contributed by atoms with Gasteiger partial charge in [-0.3, -0.25) is 0 Å². The van der Waals surface area contributed by atoms with Crippen molar-refractivity contribution in [2.24, 2.45) is 5.92 Å². The Morgan fingerprint density at radius 1 is 1.28 bits per heavy atom. The molecule has 1 aromatic heterocycles. The van der Waals surface area contributed by atoms with E-state index in [0.717, 1.165) is 18.6 Å². The summed E-state index contributed by atoms with van der Waals surface area (Å²) in [5, 5.41) is 2.81. The monoisotopic (exact) mass is 342 g/mol. The molecule has 2 amide bonds. The summed E-state index contributed by atoms with van der Waals surface area (Å²) >= 11 is 0. The van der Waals surface area contributed by atoms with E-state index in [4.69, 9.17) is 9.47 Å². The number of ether oxygens (including phenoxy) is 2. The van der Waals surface area contributed by atoms with Crippen LogP contribution in [0.15, 0.2) is 42.9 Å². The van der Waals surface area contributed by atoms with E-state index >= 15 is 0 Å². The predicted octanol–water partition coefficient (Wildman–Crippen LogP) is 2.81. The number of benzene rings is 1. The molecule has 0 aliphatic carbocycles. The van der Waals surface area contributed by atoms with Crippen LogP contribution in [0.1, 0.15) is 12.8 Å². The number of methoxy groups -OCH3 is 1. The van der Waals surface area contributed by atoms with Gasteiger partial charge in [0.25, 0.3) is 0 Å². The number of nitrogens with zero attached hydrogens (tertiary/aromatic N) is 3. The van der Waals surface area contributed by atoms with E-state index in [-0.39, 0.29) is 6.03 Å². The molecule has 0 bridgehead atoms. The smallest absolute Gasteiger partial charge is 0.322 e. The molecule has 2 aromatic rings. The molecule has 0 atom stereocenters. The minimum Gasteiger partial charge on any atom is -0.493 e. The van der Waals surface area contributed by atoms with Crippen LogP contribution in [0.2, 0.25) is 0 Å². The Morgan fingerprint density at radius 2 is 2.04 bits per heavy atom. The quantitative estimate of drug-likeness (QED) is 0.904. The van der Waals surface area contributed by atoms with Crippen LogP contribution < -0.4 is 14.8 Å². The lowest BCUT2D eigenvalue weighted by Gasteiger charge is -2.31. The van der Waals surface area contributed by atoms with Crippen LogP contribution in [-0.2, 0) is 0 Å². The van der Waals surface area contributed by atoms with Gasteiger partial charge in [0.2, 0.25) is 5.88 Å². The third-order valence-electron chi connectivity index (χ3n) is 4.24. The summed E-state index contributed by atoms with van der Waals surface area (Å²) in [6, 6.07) is 9.65. The standard InChI is InChI=1S/C18H22N4O3/c1-24-17-16(11-19-13-20-17)21-18(23)22-9-7-14(8-10-22)12-25-15-5-3-2-4-6-15/h2-6,11,13-14H,7-10,12H2,1H3,(H,21,23). The third kappa shape index (κ3) is 4.59. The number of nitrogens with one attached hydrogen (secondary N) is 1. The van der Waals surface area contributed by atoms with Crippen LogP contribution in [0.25, 0.3) is 0 Å². The van der Waals surface area contributed by atoms with E-state index in [9.17, 15) is 4.79 Å². The number of urea groups is 1.